The maximum Gasteiger partial charge on any atom is 0.393 e. The van der Waals surface area contributed by atoms with E-state index in [-0.39, 0.29) is 16.3 Å². The monoisotopic (exact) mass is 713 g/mol. The Morgan fingerprint density at radius 1 is 1.06 bits per heavy atom. The van der Waals surface area contributed by atoms with E-state index in [4.69, 9.17) is 4.74 Å². The summed E-state index contributed by atoms with van der Waals surface area (Å²) in [6.45, 7) is 9.93. The van der Waals surface area contributed by atoms with Gasteiger partial charge in [0, 0.05) is 82.8 Å². The summed E-state index contributed by atoms with van der Waals surface area (Å²) in [6.07, 6.45) is 0.475. The summed E-state index contributed by atoms with van der Waals surface area (Å²) >= 11 is 1.05. The molecule has 3 aromatic heterocycles. The van der Waals surface area contributed by atoms with Crippen LogP contribution in [0.15, 0.2) is 24.3 Å². The molecular weight excluding hydrogens is 672 g/mol. The van der Waals surface area contributed by atoms with Gasteiger partial charge in [-0.15, -0.1) is 11.3 Å². The Bertz CT molecular complexity index is 1930. The molecule has 0 amide bonds. The van der Waals surface area contributed by atoms with E-state index in [0.717, 1.165) is 107 Å². The lowest BCUT2D eigenvalue weighted by molar-refractivity contribution is -0.126. The predicted molar refractivity (Wildman–Crippen MR) is 188 cm³/mol. The highest BCUT2D eigenvalue weighted by Crippen LogP contribution is 2.44. The number of hydrogen-bond donors (Lipinski definition) is 0. The zero-order valence-electron chi connectivity index (χ0n) is 28.2. The van der Waals surface area contributed by atoms with E-state index in [9.17, 15) is 22.6 Å². The summed E-state index contributed by atoms with van der Waals surface area (Å²) in [5.74, 6) is 0.655. The molecule has 0 N–H and O–H groups in total. The van der Waals surface area contributed by atoms with Gasteiger partial charge >= 0.3 is 12.2 Å². The van der Waals surface area contributed by atoms with E-state index in [1.807, 2.05) is 6.07 Å². The highest BCUT2D eigenvalue weighted by atomic mass is 32.2. The number of piperidine rings is 1. The predicted octanol–water partition coefficient (Wildman–Crippen LogP) is 5.88. The average Bonchev–Trinajstić information content (AvgIpc) is 3.85. The van der Waals surface area contributed by atoms with E-state index in [2.05, 4.69) is 54.4 Å². The molecule has 0 saturated carbocycles. The molecular formula is C35H42F3N7O2S2. The van der Waals surface area contributed by atoms with Crippen LogP contribution >= 0.6 is 11.3 Å². The topological polar surface area (TPSA) is 90.5 Å². The third kappa shape index (κ3) is 7.04. The summed E-state index contributed by atoms with van der Waals surface area (Å²) in [5.41, 5.74) is 4.30. The number of ether oxygens (including phenoxy) is 1. The van der Waals surface area contributed by atoms with E-state index >= 15 is 0 Å². The van der Waals surface area contributed by atoms with Crippen molar-refractivity contribution < 1.29 is 22.1 Å². The molecule has 3 fully saturated rings. The number of aromatic nitrogens is 3. The van der Waals surface area contributed by atoms with E-state index in [0.29, 0.717) is 27.0 Å². The van der Waals surface area contributed by atoms with E-state index in [1.165, 1.54) is 18.2 Å². The van der Waals surface area contributed by atoms with Crippen LogP contribution in [0.3, 0.4) is 0 Å². The number of fused-ring (bicyclic) bond motifs is 2. The molecule has 262 valence electrons. The van der Waals surface area contributed by atoms with Gasteiger partial charge in [0.1, 0.15) is 22.4 Å². The summed E-state index contributed by atoms with van der Waals surface area (Å²) in [6, 6.07) is 10.6. The molecule has 3 aliphatic heterocycles. The Hall–Kier alpha value is -3.25. The van der Waals surface area contributed by atoms with Gasteiger partial charge in [-0.3, -0.25) is 9.11 Å². The number of benzene rings is 1. The van der Waals surface area contributed by atoms with E-state index < -0.39 is 23.4 Å². The minimum Gasteiger partial charge on any atom is -0.467 e. The number of anilines is 1. The smallest absolute Gasteiger partial charge is 0.393 e. The lowest BCUT2D eigenvalue weighted by Crippen LogP contribution is -2.39. The van der Waals surface area contributed by atoms with Gasteiger partial charge in [-0.1, -0.05) is 6.07 Å². The molecule has 4 aromatic rings. The molecule has 6 heterocycles. The zero-order valence-corrected chi connectivity index (χ0v) is 29.8. The van der Waals surface area contributed by atoms with Crippen LogP contribution in [0, 0.1) is 23.7 Å². The van der Waals surface area contributed by atoms with Crippen LogP contribution < -0.4 is 9.64 Å². The number of alkyl halides is 3. The molecule has 3 saturated heterocycles. The lowest BCUT2D eigenvalue weighted by Gasteiger charge is -2.31. The molecule has 0 bridgehead atoms. The molecule has 0 radical (unpaired) electrons. The number of nitrogens with zero attached hydrogens (tertiary/aromatic N) is 7. The van der Waals surface area contributed by atoms with Crippen molar-refractivity contribution >= 4 is 49.1 Å². The number of methoxy groups -OCH3 is 1. The fourth-order valence-corrected chi connectivity index (χ4v) is 10.1. The Balaban J connectivity index is 1.03. The number of rotatable bonds is 9. The first-order valence-corrected chi connectivity index (χ1v) is 19.3. The normalized spacial score (nSPS) is 21.8. The van der Waals surface area contributed by atoms with Crippen LogP contribution in [-0.2, 0) is 30.3 Å². The number of aryl methyl sites for hydroxylation is 1. The number of thiophene rings is 1. The third-order valence-corrected chi connectivity index (χ3v) is 13.3. The van der Waals surface area contributed by atoms with Gasteiger partial charge in [0.05, 0.1) is 18.9 Å². The van der Waals surface area contributed by atoms with Crippen molar-refractivity contribution in [3.63, 3.8) is 0 Å². The second kappa shape index (κ2) is 13.5. The molecule has 0 aliphatic carbocycles. The summed E-state index contributed by atoms with van der Waals surface area (Å²) in [4.78, 5) is 16.9. The molecule has 2 unspecified atom stereocenters. The second-order valence-electron chi connectivity index (χ2n) is 14.0. The quantitative estimate of drug-likeness (QED) is 0.213. The standard InChI is InChI=1S/C35H42F3N7O2S2/c1-23-24(4-5-30-28(23)16-25(19-39)45(30)15-14-42-10-6-27(7-11-42)49(3)46)20-43-12-8-34(21-43)9-13-44(22-34)31-29-17-26(18-35(36,37)38)48-32(29)41-33(40-31)47-2/h4-5,16-17,27H,6-15,18,20-22H2,1-3H3. The van der Waals surface area contributed by atoms with Crippen LogP contribution in [0.4, 0.5) is 19.0 Å². The first kappa shape index (κ1) is 34.2. The van der Waals surface area contributed by atoms with Crippen LogP contribution in [0.25, 0.3) is 21.1 Å². The van der Waals surface area contributed by atoms with Gasteiger partial charge in [0.15, 0.2) is 0 Å². The van der Waals surface area contributed by atoms with Crippen molar-refractivity contribution in [1.29, 1.82) is 5.26 Å². The number of hydrogen-bond acceptors (Lipinski definition) is 9. The molecule has 9 nitrogen and oxygen atoms in total. The van der Waals surface area contributed by atoms with Crippen molar-refractivity contribution in [3.05, 3.63) is 46.0 Å². The fourth-order valence-electron chi connectivity index (χ4n) is 8.14. The zero-order chi connectivity index (χ0) is 34.5. The Labute approximate surface area is 291 Å². The largest absolute Gasteiger partial charge is 0.467 e. The molecule has 14 heteroatoms. The van der Waals surface area contributed by atoms with Gasteiger partial charge in [0.2, 0.25) is 0 Å². The minimum absolute atomic E-state index is 0.0747. The van der Waals surface area contributed by atoms with Crippen LogP contribution in [0.2, 0.25) is 0 Å². The summed E-state index contributed by atoms with van der Waals surface area (Å²) in [7, 11) is 0.710. The molecule has 49 heavy (non-hydrogen) atoms. The van der Waals surface area contributed by atoms with Crippen LogP contribution in [0.5, 0.6) is 6.01 Å². The number of nitriles is 1. The van der Waals surface area contributed by atoms with Gasteiger partial charge in [-0.25, -0.2) is 0 Å². The maximum absolute atomic E-state index is 13.2. The Morgan fingerprint density at radius 2 is 1.84 bits per heavy atom. The number of halogens is 3. The summed E-state index contributed by atoms with van der Waals surface area (Å²) < 4.78 is 58.9. The van der Waals surface area contributed by atoms with Crippen molar-refractivity contribution in [2.75, 3.05) is 64.1 Å². The number of likely N-dealkylation sites (tertiary alicyclic amines) is 2. The first-order valence-electron chi connectivity index (χ1n) is 16.9. The fraction of sp³-hybridized carbons (Fsp3) is 0.571. The van der Waals surface area contributed by atoms with Crippen LogP contribution in [0.1, 0.15) is 47.4 Å². The van der Waals surface area contributed by atoms with Gasteiger partial charge < -0.3 is 19.1 Å². The average molecular weight is 714 g/mol. The van der Waals surface area contributed by atoms with Gasteiger partial charge in [0.25, 0.3) is 0 Å². The third-order valence-electron chi connectivity index (χ3n) is 10.8. The van der Waals surface area contributed by atoms with Crippen molar-refractivity contribution in [1.82, 2.24) is 24.3 Å². The Kier molecular flexibility index (Phi) is 9.40. The second-order valence-corrected chi connectivity index (χ2v) is 16.8. The minimum atomic E-state index is -4.29. The highest BCUT2D eigenvalue weighted by Gasteiger charge is 2.44. The van der Waals surface area contributed by atoms with Gasteiger partial charge in [-0.2, -0.15) is 28.4 Å². The summed E-state index contributed by atoms with van der Waals surface area (Å²) in [5, 5.41) is 12.1. The van der Waals surface area contributed by atoms with Crippen molar-refractivity contribution in [2.45, 2.75) is 63.5 Å². The maximum atomic E-state index is 13.2. The highest BCUT2D eigenvalue weighted by molar-refractivity contribution is 7.84. The first-order chi connectivity index (χ1) is 23.4. The molecule has 3 aliphatic rings. The molecule has 7 rings (SSSR count). The van der Waals surface area contributed by atoms with Gasteiger partial charge in [-0.05, 0) is 81.6 Å². The molecule has 1 spiro atoms. The molecule has 2 atom stereocenters. The SMILES string of the molecule is COc1nc(N2CCC3(CCN(Cc4ccc5c(cc(C#N)n5CCN5CCC(S(C)=O)CC5)c4C)C3)C2)c2cc(CC(F)(F)F)sc2n1. The van der Waals surface area contributed by atoms with E-state index in [1.54, 1.807) is 12.3 Å². The van der Waals surface area contributed by atoms with Crippen molar-refractivity contribution in [2.24, 2.45) is 5.41 Å². The Morgan fingerprint density at radius 3 is 2.55 bits per heavy atom. The van der Waals surface area contributed by atoms with Crippen LogP contribution in [-0.4, -0.2) is 99.1 Å². The van der Waals surface area contributed by atoms with Crippen molar-refractivity contribution in [3.8, 4) is 12.1 Å². The lowest BCUT2D eigenvalue weighted by atomic mass is 9.86. The molecule has 1 aromatic carbocycles.